The predicted octanol–water partition coefficient (Wildman–Crippen LogP) is 2.24. The first-order valence-corrected chi connectivity index (χ1v) is 5.33. The molecule has 14 heavy (non-hydrogen) atoms. The highest BCUT2D eigenvalue weighted by Gasteiger charge is 2.09. The molecule has 1 aromatic rings. The minimum atomic E-state index is 0.306. The molecule has 0 N–H and O–H groups in total. The number of benzene rings is 1. The second-order valence-corrected chi connectivity index (χ2v) is 3.47. The van der Waals surface area contributed by atoms with Gasteiger partial charge in [0.1, 0.15) is 12.1 Å². The first-order valence-electron chi connectivity index (χ1n) is 3.46. The van der Waals surface area contributed by atoms with Crippen LogP contribution >= 0.6 is 22.5 Å². The number of rotatable bonds is 1. The average Bonchev–Trinajstić information content (AvgIpc) is 2.26. The van der Waals surface area contributed by atoms with Gasteiger partial charge in [0.25, 0.3) is 0 Å². The summed E-state index contributed by atoms with van der Waals surface area (Å²) in [6, 6.07) is 8.63. The Bertz CT molecular complexity index is 453. The van der Waals surface area contributed by atoms with E-state index >= 15 is 0 Å². The van der Waals surface area contributed by atoms with Gasteiger partial charge in [0.2, 0.25) is 0 Å². The van der Waals surface area contributed by atoms with Crippen LogP contribution in [0, 0.1) is 34.0 Å². The molecule has 0 unspecified atom stereocenters. The van der Waals surface area contributed by atoms with E-state index in [0.717, 1.165) is 10.8 Å². The molecule has 0 fully saturated rings. The Morgan fingerprint density at radius 2 is 1.50 bits per heavy atom. The molecule has 0 spiro atoms. The van der Waals surface area contributed by atoms with E-state index in [1.807, 2.05) is 18.2 Å². The third kappa shape index (κ3) is 1.83. The van der Waals surface area contributed by atoms with Crippen molar-refractivity contribution in [1.82, 2.24) is 0 Å². The molecule has 0 saturated carbocycles. The summed E-state index contributed by atoms with van der Waals surface area (Å²) in [5, 5.41) is 26.2. The molecule has 66 valence electrons. The Labute approximate surface area is 90.4 Å². The van der Waals surface area contributed by atoms with Crippen LogP contribution in [0.1, 0.15) is 16.7 Å². The molecule has 1 rings (SSSR count). The molecule has 5 heteroatoms. The molecule has 3 nitrogen and oxygen atoms in total. The van der Waals surface area contributed by atoms with Crippen LogP contribution in [0.25, 0.3) is 0 Å². The number of thiol groups is 1. The van der Waals surface area contributed by atoms with Gasteiger partial charge in [0.15, 0.2) is 0 Å². The van der Waals surface area contributed by atoms with E-state index in [1.54, 1.807) is 0 Å². The second kappa shape index (κ2) is 4.58. The van der Waals surface area contributed by atoms with Crippen LogP contribution in [-0.4, -0.2) is 0 Å². The maximum atomic E-state index is 8.77. The van der Waals surface area contributed by atoms with E-state index in [1.165, 1.54) is 12.1 Å². The van der Waals surface area contributed by atoms with E-state index in [4.69, 9.17) is 15.8 Å². The van der Waals surface area contributed by atoms with Crippen LogP contribution < -0.4 is 0 Å². The Balaban J connectivity index is 3.54. The van der Waals surface area contributed by atoms with E-state index in [0.29, 0.717) is 21.6 Å². The Hall–Kier alpha value is -1.61. The number of hydrogen-bond acceptors (Lipinski definition) is 5. The quantitative estimate of drug-likeness (QED) is 0.578. The van der Waals surface area contributed by atoms with Gasteiger partial charge in [-0.2, -0.15) is 15.8 Å². The molecule has 1 aromatic carbocycles. The maximum absolute atomic E-state index is 8.77. The normalized spacial score (nSPS) is 8.43. The lowest BCUT2D eigenvalue weighted by molar-refractivity contribution is 1.31. The standard InChI is InChI=1S/C9H3N3S2/c10-3-6-1-7(4-11)9(14-13)8(2-6)5-12/h1-2,13H. The monoisotopic (exact) mass is 217 g/mol. The summed E-state index contributed by atoms with van der Waals surface area (Å²) in [6.07, 6.45) is 0. The van der Waals surface area contributed by atoms with Gasteiger partial charge in [-0.25, -0.2) is 0 Å². The van der Waals surface area contributed by atoms with Crippen molar-refractivity contribution in [3.05, 3.63) is 28.8 Å². The van der Waals surface area contributed by atoms with Crippen molar-refractivity contribution < 1.29 is 0 Å². The highest BCUT2D eigenvalue weighted by Crippen LogP contribution is 2.29. The predicted molar refractivity (Wildman–Crippen MR) is 55.4 cm³/mol. The zero-order valence-corrected chi connectivity index (χ0v) is 8.56. The summed E-state index contributed by atoms with van der Waals surface area (Å²) in [5.41, 5.74) is 0.922. The van der Waals surface area contributed by atoms with Crippen LogP contribution in [0.2, 0.25) is 0 Å². The van der Waals surface area contributed by atoms with Gasteiger partial charge in [-0.1, -0.05) is 10.8 Å². The van der Waals surface area contributed by atoms with Gasteiger partial charge < -0.3 is 0 Å². The SMILES string of the molecule is N#Cc1cc(C#N)c(SS)c(C#N)c1. The van der Waals surface area contributed by atoms with E-state index in [-0.39, 0.29) is 0 Å². The molecule has 0 heterocycles. The van der Waals surface area contributed by atoms with Gasteiger partial charge >= 0.3 is 0 Å². The second-order valence-electron chi connectivity index (χ2n) is 2.33. The molecular formula is C9H3N3S2. The molecule has 0 aliphatic carbocycles. The minimum absolute atomic E-state index is 0.306. The zero-order chi connectivity index (χ0) is 10.6. The molecule has 0 saturated heterocycles. The Kier molecular flexibility index (Phi) is 3.42. The van der Waals surface area contributed by atoms with Crippen molar-refractivity contribution in [2.45, 2.75) is 4.90 Å². The van der Waals surface area contributed by atoms with E-state index in [9.17, 15) is 0 Å². The number of hydrogen-bond donors (Lipinski definition) is 1. The maximum Gasteiger partial charge on any atom is 0.100 e. The molecule has 0 amide bonds. The van der Waals surface area contributed by atoms with E-state index in [2.05, 4.69) is 11.7 Å². The lowest BCUT2D eigenvalue weighted by Crippen LogP contribution is -1.88. The molecule has 0 bridgehead atoms. The average molecular weight is 217 g/mol. The van der Waals surface area contributed by atoms with Crippen molar-refractivity contribution in [3.63, 3.8) is 0 Å². The van der Waals surface area contributed by atoms with Gasteiger partial charge in [-0.15, -0.1) is 11.7 Å². The van der Waals surface area contributed by atoms with Crippen LogP contribution in [0.15, 0.2) is 17.0 Å². The Morgan fingerprint density at radius 3 is 1.79 bits per heavy atom. The lowest BCUT2D eigenvalue weighted by atomic mass is 10.1. The van der Waals surface area contributed by atoms with Crippen molar-refractivity contribution >= 4 is 22.5 Å². The molecular weight excluding hydrogens is 214 g/mol. The van der Waals surface area contributed by atoms with Crippen molar-refractivity contribution in [2.24, 2.45) is 0 Å². The fourth-order valence-corrected chi connectivity index (χ4v) is 1.95. The van der Waals surface area contributed by atoms with Crippen molar-refractivity contribution in [1.29, 1.82) is 15.8 Å². The van der Waals surface area contributed by atoms with Crippen LogP contribution in [-0.2, 0) is 0 Å². The largest absolute Gasteiger partial charge is 0.192 e. The summed E-state index contributed by atoms with van der Waals surface area (Å²) in [4.78, 5) is 0.498. The van der Waals surface area contributed by atoms with E-state index < -0.39 is 0 Å². The fourth-order valence-electron chi connectivity index (χ4n) is 0.958. The van der Waals surface area contributed by atoms with Gasteiger partial charge in [0, 0.05) is 0 Å². The number of nitrogens with zero attached hydrogens (tertiary/aromatic N) is 3. The summed E-state index contributed by atoms with van der Waals surface area (Å²) < 4.78 is 0. The molecule has 0 aliphatic rings. The summed E-state index contributed by atoms with van der Waals surface area (Å²) in [6.45, 7) is 0. The van der Waals surface area contributed by atoms with Gasteiger partial charge in [-0.3, -0.25) is 0 Å². The van der Waals surface area contributed by atoms with Crippen molar-refractivity contribution in [2.75, 3.05) is 0 Å². The van der Waals surface area contributed by atoms with Crippen molar-refractivity contribution in [3.8, 4) is 18.2 Å². The van der Waals surface area contributed by atoms with Gasteiger partial charge in [0.05, 0.1) is 27.7 Å². The molecule has 0 aliphatic heterocycles. The topological polar surface area (TPSA) is 71.4 Å². The van der Waals surface area contributed by atoms with Crippen LogP contribution in [0.5, 0.6) is 0 Å². The Morgan fingerprint density at radius 1 is 1.00 bits per heavy atom. The third-order valence-corrected chi connectivity index (χ3v) is 2.72. The van der Waals surface area contributed by atoms with Gasteiger partial charge in [-0.05, 0) is 12.1 Å². The first kappa shape index (κ1) is 10.5. The zero-order valence-electron chi connectivity index (χ0n) is 6.85. The highest BCUT2D eigenvalue weighted by atomic mass is 33.1. The summed E-state index contributed by atoms with van der Waals surface area (Å²) >= 11 is 3.95. The molecule has 0 atom stereocenters. The molecule has 0 radical (unpaired) electrons. The fraction of sp³-hybridized carbons (Fsp3) is 0. The first-order chi connectivity index (χ1) is 6.76. The van der Waals surface area contributed by atoms with Crippen LogP contribution in [0.3, 0.4) is 0 Å². The highest BCUT2D eigenvalue weighted by molar-refractivity contribution is 8.68. The summed E-state index contributed by atoms with van der Waals surface area (Å²) in [5.74, 6) is 0. The molecule has 0 aromatic heterocycles. The van der Waals surface area contributed by atoms with Crippen LogP contribution in [0.4, 0.5) is 0 Å². The number of nitriles is 3. The lowest BCUT2D eigenvalue weighted by Gasteiger charge is -2.01. The third-order valence-electron chi connectivity index (χ3n) is 1.55. The smallest absolute Gasteiger partial charge is 0.100 e. The summed E-state index contributed by atoms with van der Waals surface area (Å²) in [7, 11) is 1.03. The minimum Gasteiger partial charge on any atom is -0.192 e.